The molecule has 0 radical (unpaired) electrons. The van der Waals surface area contributed by atoms with Crippen LogP contribution in [0.15, 0.2) is 29.3 Å². The molecule has 0 saturated heterocycles. The van der Waals surface area contributed by atoms with Crippen molar-refractivity contribution in [2.24, 2.45) is 4.99 Å². The van der Waals surface area contributed by atoms with E-state index < -0.39 is 10.0 Å². The molecule has 0 bridgehead atoms. The lowest BCUT2D eigenvalue weighted by Crippen LogP contribution is -2.38. The van der Waals surface area contributed by atoms with Crippen molar-refractivity contribution < 1.29 is 8.42 Å². The number of hydrogen-bond acceptors (Lipinski definition) is 3. The van der Waals surface area contributed by atoms with Crippen molar-refractivity contribution in [2.45, 2.75) is 26.7 Å². The van der Waals surface area contributed by atoms with Gasteiger partial charge in [0, 0.05) is 37.7 Å². The maximum absolute atomic E-state index is 11.5. The highest BCUT2D eigenvalue weighted by atomic mass is 35.5. The summed E-state index contributed by atoms with van der Waals surface area (Å²) in [6.07, 6.45) is 2.77. The third-order valence-electron chi connectivity index (χ3n) is 3.60. The summed E-state index contributed by atoms with van der Waals surface area (Å²) < 4.78 is 24.6. The van der Waals surface area contributed by atoms with Crippen LogP contribution in [-0.4, -0.2) is 57.7 Å². The molecule has 0 fully saturated rings. The van der Waals surface area contributed by atoms with Gasteiger partial charge in [0.2, 0.25) is 10.0 Å². The van der Waals surface area contributed by atoms with Crippen LogP contribution in [0, 0.1) is 0 Å². The normalized spacial score (nSPS) is 12.4. The van der Waals surface area contributed by atoms with Crippen molar-refractivity contribution in [3.63, 3.8) is 0 Å². The molecule has 1 aromatic carbocycles. The third-order valence-corrected chi connectivity index (χ3v) is 5.21. The summed E-state index contributed by atoms with van der Waals surface area (Å²) in [6, 6.07) is 7.80. The van der Waals surface area contributed by atoms with E-state index >= 15 is 0 Å². The van der Waals surface area contributed by atoms with E-state index in [4.69, 9.17) is 11.6 Å². The highest BCUT2D eigenvalue weighted by molar-refractivity contribution is 7.88. The number of nitrogens with one attached hydrogen (secondary N) is 2. The van der Waals surface area contributed by atoms with Crippen LogP contribution in [-0.2, 0) is 16.4 Å². The molecule has 25 heavy (non-hydrogen) atoms. The van der Waals surface area contributed by atoms with Gasteiger partial charge >= 0.3 is 0 Å². The lowest BCUT2D eigenvalue weighted by molar-refractivity contribution is 0.427. The van der Waals surface area contributed by atoms with Gasteiger partial charge in [-0.2, -0.15) is 0 Å². The lowest BCUT2D eigenvalue weighted by Gasteiger charge is -2.17. The van der Waals surface area contributed by atoms with Crippen molar-refractivity contribution in [3.8, 4) is 0 Å². The molecular weight excluding hydrogens is 360 g/mol. The molecule has 1 rings (SSSR count). The van der Waals surface area contributed by atoms with E-state index in [1.807, 2.05) is 38.1 Å². The number of rotatable bonds is 10. The van der Waals surface area contributed by atoms with Gasteiger partial charge in [0.25, 0.3) is 0 Å². The van der Waals surface area contributed by atoms with E-state index in [-0.39, 0.29) is 0 Å². The zero-order chi connectivity index (χ0) is 18.7. The summed E-state index contributed by atoms with van der Waals surface area (Å²) in [5.74, 6) is 0.743. The van der Waals surface area contributed by atoms with E-state index in [1.165, 1.54) is 16.1 Å². The summed E-state index contributed by atoms with van der Waals surface area (Å²) in [5.41, 5.74) is 1.17. The number of benzene rings is 1. The zero-order valence-corrected chi connectivity index (χ0v) is 16.8. The van der Waals surface area contributed by atoms with Gasteiger partial charge in [-0.3, -0.25) is 4.99 Å². The van der Waals surface area contributed by atoms with Crippen LogP contribution in [0.25, 0.3) is 0 Å². The molecule has 0 aromatic heterocycles. The minimum absolute atomic E-state index is 0.487. The third kappa shape index (κ3) is 9.09. The number of hydrogen-bond donors (Lipinski definition) is 2. The molecule has 0 aliphatic carbocycles. The van der Waals surface area contributed by atoms with Gasteiger partial charge < -0.3 is 10.6 Å². The van der Waals surface area contributed by atoms with Crippen molar-refractivity contribution in [3.05, 3.63) is 34.9 Å². The Bertz CT molecular complexity index is 650. The predicted octanol–water partition coefficient (Wildman–Crippen LogP) is 2.11. The Morgan fingerprint density at radius 1 is 1.28 bits per heavy atom. The maximum Gasteiger partial charge on any atom is 0.211 e. The first-order valence-electron chi connectivity index (χ1n) is 8.58. The van der Waals surface area contributed by atoms with Crippen LogP contribution in [0.2, 0.25) is 5.02 Å². The van der Waals surface area contributed by atoms with Gasteiger partial charge in [-0.25, -0.2) is 12.7 Å². The number of aliphatic imine (C=N–C) groups is 1. The maximum atomic E-state index is 11.5. The van der Waals surface area contributed by atoms with E-state index in [0.29, 0.717) is 26.1 Å². The fourth-order valence-electron chi connectivity index (χ4n) is 2.36. The first-order chi connectivity index (χ1) is 11.9. The molecule has 142 valence electrons. The Labute approximate surface area is 156 Å². The minimum atomic E-state index is -3.13. The molecule has 0 spiro atoms. The predicted molar refractivity (Wildman–Crippen MR) is 106 cm³/mol. The largest absolute Gasteiger partial charge is 0.357 e. The quantitative estimate of drug-likeness (QED) is 0.366. The van der Waals surface area contributed by atoms with Gasteiger partial charge in [-0.05, 0) is 37.5 Å². The number of halogens is 1. The smallest absolute Gasteiger partial charge is 0.211 e. The van der Waals surface area contributed by atoms with Crippen molar-refractivity contribution in [2.75, 3.05) is 39.0 Å². The molecule has 0 saturated carbocycles. The van der Waals surface area contributed by atoms with E-state index in [1.54, 1.807) is 0 Å². The topological polar surface area (TPSA) is 73.8 Å². The summed E-state index contributed by atoms with van der Waals surface area (Å²) >= 11 is 5.99. The van der Waals surface area contributed by atoms with Crippen LogP contribution in [0.4, 0.5) is 0 Å². The molecule has 0 atom stereocenters. The van der Waals surface area contributed by atoms with E-state index in [2.05, 4.69) is 15.6 Å². The van der Waals surface area contributed by atoms with Gasteiger partial charge in [-0.1, -0.05) is 30.7 Å². The van der Waals surface area contributed by atoms with Gasteiger partial charge in [0.15, 0.2) is 5.96 Å². The molecular formula is C17H29ClN4O2S. The SMILES string of the molecule is CCNC(=NCCCN(CC)S(C)(=O)=O)NCCc1cccc(Cl)c1. The Balaban J connectivity index is 2.43. The summed E-state index contributed by atoms with van der Waals surface area (Å²) in [7, 11) is -3.13. The lowest BCUT2D eigenvalue weighted by atomic mass is 10.1. The molecule has 8 heteroatoms. The Morgan fingerprint density at radius 2 is 2.04 bits per heavy atom. The Hall–Kier alpha value is -1.31. The molecule has 0 aliphatic rings. The molecule has 0 amide bonds. The molecule has 6 nitrogen and oxygen atoms in total. The molecule has 2 N–H and O–H groups in total. The second-order valence-corrected chi connectivity index (χ2v) is 8.09. The van der Waals surface area contributed by atoms with E-state index in [0.717, 1.165) is 30.5 Å². The highest BCUT2D eigenvalue weighted by Crippen LogP contribution is 2.10. The van der Waals surface area contributed by atoms with Crippen LogP contribution in [0.1, 0.15) is 25.8 Å². The fraction of sp³-hybridized carbons (Fsp3) is 0.588. The van der Waals surface area contributed by atoms with Crippen molar-refractivity contribution in [1.29, 1.82) is 0 Å². The number of nitrogens with zero attached hydrogens (tertiary/aromatic N) is 2. The minimum Gasteiger partial charge on any atom is -0.357 e. The monoisotopic (exact) mass is 388 g/mol. The summed E-state index contributed by atoms with van der Waals surface area (Å²) in [5, 5.41) is 7.22. The molecule has 0 aliphatic heterocycles. The summed E-state index contributed by atoms with van der Waals surface area (Å²) in [6.45, 7) is 6.91. The van der Waals surface area contributed by atoms with Crippen molar-refractivity contribution >= 4 is 27.6 Å². The second kappa shape index (κ2) is 11.3. The number of sulfonamides is 1. The van der Waals surface area contributed by atoms with Crippen LogP contribution < -0.4 is 10.6 Å². The second-order valence-electron chi connectivity index (χ2n) is 5.68. The first-order valence-corrected chi connectivity index (χ1v) is 10.8. The van der Waals surface area contributed by atoms with Gasteiger partial charge in [0.05, 0.1) is 6.26 Å². The van der Waals surface area contributed by atoms with Crippen LogP contribution in [0.3, 0.4) is 0 Å². The van der Waals surface area contributed by atoms with E-state index in [9.17, 15) is 8.42 Å². The van der Waals surface area contributed by atoms with Crippen LogP contribution in [0.5, 0.6) is 0 Å². The molecule has 1 aromatic rings. The average molecular weight is 389 g/mol. The van der Waals surface area contributed by atoms with Gasteiger partial charge in [0.1, 0.15) is 0 Å². The Morgan fingerprint density at radius 3 is 2.64 bits per heavy atom. The standard InChI is InChI=1S/C17H29ClN4O2S/c1-4-19-17(20-11-7-13-22(5-2)25(3,23)24)21-12-10-15-8-6-9-16(18)14-15/h6,8-9,14H,4-5,7,10-13H2,1-3H3,(H2,19,20,21). The fourth-order valence-corrected chi connectivity index (χ4v) is 3.50. The zero-order valence-electron chi connectivity index (χ0n) is 15.3. The van der Waals surface area contributed by atoms with Crippen LogP contribution >= 0.6 is 11.6 Å². The van der Waals surface area contributed by atoms with Gasteiger partial charge in [-0.15, -0.1) is 0 Å². The first kappa shape index (κ1) is 21.7. The molecule has 0 unspecified atom stereocenters. The highest BCUT2D eigenvalue weighted by Gasteiger charge is 2.12. The average Bonchev–Trinajstić information content (AvgIpc) is 2.53. The van der Waals surface area contributed by atoms with Crippen molar-refractivity contribution in [1.82, 2.24) is 14.9 Å². The number of guanidine groups is 1. The Kier molecular flexibility index (Phi) is 9.85. The molecule has 0 heterocycles. The summed E-state index contributed by atoms with van der Waals surface area (Å²) in [4.78, 5) is 4.50.